The zero-order valence-electron chi connectivity index (χ0n) is 17.5. The predicted molar refractivity (Wildman–Crippen MR) is 132 cm³/mol. The van der Waals surface area contributed by atoms with Gasteiger partial charge in [-0.1, -0.05) is 78.3 Å². The van der Waals surface area contributed by atoms with E-state index in [1.807, 2.05) is 78.9 Å². The van der Waals surface area contributed by atoms with Crippen LogP contribution in [0, 0.1) is 0 Å². The number of aromatic nitrogens is 1. The molecule has 5 heteroatoms. The third-order valence-electron chi connectivity index (χ3n) is 5.13. The number of anilines is 1. The number of fused-ring (bicyclic) bond motifs is 1. The summed E-state index contributed by atoms with van der Waals surface area (Å²) < 4.78 is 0. The van der Waals surface area contributed by atoms with Crippen LogP contribution in [0.2, 0.25) is 5.02 Å². The zero-order valence-corrected chi connectivity index (χ0v) is 18.3. The molecule has 4 nitrogen and oxygen atoms in total. The highest BCUT2D eigenvalue weighted by Crippen LogP contribution is 2.25. The van der Waals surface area contributed by atoms with Gasteiger partial charge in [-0.25, -0.2) is 0 Å². The molecule has 160 valence electrons. The topological polar surface area (TPSA) is 54.0 Å². The Morgan fingerprint density at radius 2 is 1.66 bits per heavy atom. The monoisotopic (exact) mass is 441 g/mol. The Kier molecular flexibility index (Phi) is 7.15. The van der Waals surface area contributed by atoms with Crippen LogP contribution in [0.25, 0.3) is 10.9 Å². The van der Waals surface area contributed by atoms with Crippen LogP contribution >= 0.6 is 11.6 Å². The number of hydrogen-bond acceptors (Lipinski definition) is 3. The Morgan fingerprint density at radius 1 is 0.938 bits per heavy atom. The molecule has 0 aliphatic heterocycles. The van der Waals surface area contributed by atoms with E-state index < -0.39 is 0 Å². The van der Waals surface area contributed by atoms with Crippen LogP contribution in [0.1, 0.15) is 11.1 Å². The number of carbonyl (C=O) groups excluding carboxylic acids is 1. The predicted octanol–water partition coefficient (Wildman–Crippen LogP) is 5.78. The van der Waals surface area contributed by atoms with Crippen LogP contribution in [0.5, 0.6) is 0 Å². The Balaban J connectivity index is 1.51. The number of halogens is 1. The van der Waals surface area contributed by atoms with Crippen molar-refractivity contribution >= 4 is 34.1 Å². The number of benzene rings is 3. The highest BCUT2D eigenvalue weighted by molar-refractivity contribution is 6.31. The molecule has 1 atom stereocenters. The molecule has 1 unspecified atom stereocenters. The van der Waals surface area contributed by atoms with Gasteiger partial charge < -0.3 is 10.6 Å². The van der Waals surface area contributed by atoms with Gasteiger partial charge in [0.25, 0.3) is 0 Å². The number of hydrogen-bond donors (Lipinski definition) is 2. The summed E-state index contributed by atoms with van der Waals surface area (Å²) in [5.41, 5.74) is 4.02. The number of rotatable bonds is 8. The highest BCUT2D eigenvalue weighted by Gasteiger charge is 2.10. The number of nitrogens with one attached hydrogen (secondary N) is 2. The molecule has 0 aliphatic carbocycles. The van der Waals surface area contributed by atoms with E-state index in [1.165, 1.54) is 5.56 Å². The third-order valence-corrected chi connectivity index (χ3v) is 5.37. The SMILES string of the molecule is O=C(/C=C/C(Cc1ccccc1)Nc1ccnc2cc(Cl)ccc12)NCc1ccccc1. The molecular weight excluding hydrogens is 418 g/mol. The number of nitrogens with zero attached hydrogens (tertiary/aromatic N) is 1. The van der Waals surface area contributed by atoms with Gasteiger partial charge in [-0.05, 0) is 41.8 Å². The summed E-state index contributed by atoms with van der Waals surface area (Å²) in [6, 6.07) is 27.6. The molecule has 0 radical (unpaired) electrons. The van der Waals surface area contributed by atoms with Crippen molar-refractivity contribution in [2.75, 3.05) is 5.32 Å². The van der Waals surface area contributed by atoms with Gasteiger partial charge in [0.1, 0.15) is 0 Å². The first-order valence-electron chi connectivity index (χ1n) is 10.5. The lowest BCUT2D eigenvalue weighted by Crippen LogP contribution is -2.23. The fraction of sp³-hybridized carbons (Fsp3) is 0.111. The molecule has 1 heterocycles. The van der Waals surface area contributed by atoms with Crippen molar-refractivity contribution in [1.29, 1.82) is 0 Å². The summed E-state index contributed by atoms with van der Waals surface area (Å²) in [6.45, 7) is 0.497. The number of amides is 1. The van der Waals surface area contributed by atoms with Gasteiger partial charge in [0.2, 0.25) is 5.91 Å². The second kappa shape index (κ2) is 10.6. The molecule has 0 spiro atoms. The Hall–Kier alpha value is -3.63. The van der Waals surface area contributed by atoms with Crippen LogP contribution in [-0.4, -0.2) is 16.9 Å². The Bertz CT molecular complexity index is 1210. The van der Waals surface area contributed by atoms with Crippen molar-refractivity contribution in [1.82, 2.24) is 10.3 Å². The van der Waals surface area contributed by atoms with Crippen molar-refractivity contribution in [2.24, 2.45) is 0 Å². The molecule has 0 saturated heterocycles. The second-order valence-electron chi connectivity index (χ2n) is 7.52. The van der Waals surface area contributed by atoms with Crippen molar-refractivity contribution in [3.05, 3.63) is 119 Å². The summed E-state index contributed by atoms with van der Waals surface area (Å²) in [7, 11) is 0. The number of carbonyl (C=O) groups is 1. The first-order chi connectivity index (χ1) is 15.7. The molecule has 32 heavy (non-hydrogen) atoms. The third kappa shape index (κ3) is 5.96. The van der Waals surface area contributed by atoms with Gasteiger partial charge >= 0.3 is 0 Å². The van der Waals surface area contributed by atoms with E-state index in [2.05, 4.69) is 27.8 Å². The Morgan fingerprint density at radius 3 is 2.41 bits per heavy atom. The van der Waals surface area contributed by atoms with E-state index in [-0.39, 0.29) is 11.9 Å². The summed E-state index contributed by atoms with van der Waals surface area (Å²) in [6.07, 6.45) is 6.01. The maximum atomic E-state index is 12.4. The average molecular weight is 442 g/mol. The lowest BCUT2D eigenvalue weighted by Gasteiger charge is -2.18. The zero-order chi connectivity index (χ0) is 22.2. The molecule has 4 rings (SSSR count). The molecule has 2 N–H and O–H groups in total. The summed E-state index contributed by atoms with van der Waals surface area (Å²) in [5, 5.41) is 8.14. The Labute approximate surface area is 193 Å². The van der Waals surface area contributed by atoms with Crippen LogP contribution < -0.4 is 10.6 Å². The van der Waals surface area contributed by atoms with Gasteiger partial charge in [-0.2, -0.15) is 0 Å². The number of pyridine rings is 1. The van der Waals surface area contributed by atoms with E-state index in [1.54, 1.807) is 12.3 Å². The maximum absolute atomic E-state index is 12.4. The van der Waals surface area contributed by atoms with Crippen molar-refractivity contribution in [3.8, 4) is 0 Å². The minimum absolute atomic E-state index is 0.0823. The van der Waals surface area contributed by atoms with Crippen LogP contribution in [0.4, 0.5) is 5.69 Å². The molecule has 1 amide bonds. The van der Waals surface area contributed by atoms with E-state index in [0.717, 1.165) is 28.6 Å². The molecule has 0 bridgehead atoms. The van der Waals surface area contributed by atoms with Crippen molar-refractivity contribution in [2.45, 2.75) is 19.0 Å². The largest absolute Gasteiger partial charge is 0.378 e. The van der Waals surface area contributed by atoms with Crippen molar-refractivity contribution in [3.63, 3.8) is 0 Å². The van der Waals surface area contributed by atoms with Gasteiger partial charge in [0.15, 0.2) is 0 Å². The van der Waals surface area contributed by atoms with Crippen LogP contribution in [-0.2, 0) is 17.8 Å². The average Bonchev–Trinajstić information content (AvgIpc) is 2.82. The summed E-state index contributed by atoms with van der Waals surface area (Å²) in [5.74, 6) is -0.125. The molecule has 0 aliphatic rings. The fourth-order valence-electron chi connectivity index (χ4n) is 3.53. The molecule has 1 aromatic heterocycles. The molecule has 0 fully saturated rings. The van der Waals surface area contributed by atoms with Gasteiger partial charge in [0, 0.05) is 41.0 Å². The summed E-state index contributed by atoms with van der Waals surface area (Å²) in [4.78, 5) is 16.8. The molecular formula is C27H24ClN3O. The fourth-order valence-corrected chi connectivity index (χ4v) is 3.70. The summed E-state index contributed by atoms with van der Waals surface area (Å²) >= 11 is 6.13. The lowest BCUT2D eigenvalue weighted by atomic mass is 10.0. The highest BCUT2D eigenvalue weighted by atomic mass is 35.5. The smallest absolute Gasteiger partial charge is 0.244 e. The lowest BCUT2D eigenvalue weighted by molar-refractivity contribution is -0.116. The van der Waals surface area contributed by atoms with Gasteiger partial charge in [-0.15, -0.1) is 0 Å². The normalized spacial score (nSPS) is 12.0. The first kappa shape index (κ1) is 21.6. The second-order valence-corrected chi connectivity index (χ2v) is 7.96. The van der Waals surface area contributed by atoms with Crippen LogP contribution in [0.3, 0.4) is 0 Å². The van der Waals surface area contributed by atoms with Crippen molar-refractivity contribution < 1.29 is 4.79 Å². The molecule has 4 aromatic rings. The van der Waals surface area contributed by atoms with Gasteiger partial charge in [0.05, 0.1) is 5.52 Å². The van der Waals surface area contributed by atoms with E-state index in [0.29, 0.717) is 11.6 Å². The first-order valence-corrected chi connectivity index (χ1v) is 10.9. The van der Waals surface area contributed by atoms with E-state index in [4.69, 9.17) is 11.6 Å². The maximum Gasteiger partial charge on any atom is 0.244 e. The van der Waals surface area contributed by atoms with Crippen LogP contribution in [0.15, 0.2) is 103 Å². The van der Waals surface area contributed by atoms with Gasteiger partial charge in [-0.3, -0.25) is 9.78 Å². The quantitative estimate of drug-likeness (QED) is 0.340. The molecule has 0 saturated carbocycles. The minimum Gasteiger partial charge on any atom is -0.378 e. The molecule has 3 aromatic carbocycles. The van der Waals surface area contributed by atoms with E-state index in [9.17, 15) is 4.79 Å². The van der Waals surface area contributed by atoms with E-state index >= 15 is 0 Å². The minimum atomic E-state index is -0.125. The standard InChI is InChI=1S/C27H24ClN3O/c28-22-11-13-24-25(15-16-29-26(24)18-22)31-23(17-20-7-3-1-4-8-20)12-14-27(32)30-19-21-9-5-2-6-10-21/h1-16,18,23H,17,19H2,(H,29,31)(H,30,32)/b14-12+.